The molecule has 1 rings (SSSR count). The highest BCUT2D eigenvalue weighted by atomic mass is 79.9. The average molecular weight is 416 g/mol. The van der Waals surface area contributed by atoms with Crippen molar-refractivity contribution in [2.24, 2.45) is 11.7 Å². The second kappa shape index (κ2) is 5.85. The Balaban J connectivity index is 3.18. The van der Waals surface area contributed by atoms with Gasteiger partial charge >= 0.3 is 0 Å². The fraction of sp³-hybridized carbons (Fsp3) is 0.455. The molecule has 0 heterocycles. The monoisotopic (exact) mass is 413 g/mol. The van der Waals surface area contributed by atoms with Crippen LogP contribution in [-0.2, 0) is 0 Å². The Morgan fingerprint density at radius 1 is 1.25 bits per heavy atom. The first-order chi connectivity index (χ1) is 7.34. The van der Waals surface area contributed by atoms with E-state index in [1.54, 1.807) is 0 Å². The van der Waals surface area contributed by atoms with E-state index >= 15 is 0 Å². The van der Waals surface area contributed by atoms with Crippen molar-refractivity contribution in [1.82, 2.24) is 0 Å². The Morgan fingerprint density at radius 3 is 2.31 bits per heavy atom. The molecule has 0 fully saturated rings. The molecular weight excluding hydrogens is 402 g/mol. The van der Waals surface area contributed by atoms with Gasteiger partial charge in [-0.15, -0.1) is 0 Å². The molecule has 1 aromatic rings. The number of rotatable bonds is 3. The van der Waals surface area contributed by atoms with Gasteiger partial charge in [-0.05, 0) is 50.3 Å². The Hall–Kier alpha value is 0.420. The lowest BCUT2D eigenvalue weighted by Gasteiger charge is -2.19. The van der Waals surface area contributed by atoms with Crippen molar-refractivity contribution in [2.75, 3.05) is 0 Å². The SMILES string of the molecule is CC(C)C[C@H](N)c1c(Br)cc(Br)c(O)c1Br. The van der Waals surface area contributed by atoms with E-state index in [1.165, 1.54) is 0 Å². The Kier molecular flexibility index (Phi) is 5.29. The summed E-state index contributed by atoms with van der Waals surface area (Å²) in [7, 11) is 0. The molecule has 90 valence electrons. The van der Waals surface area contributed by atoms with Crippen LogP contribution in [0.5, 0.6) is 5.75 Å². The van der Waals surface area contributed by atoms with Gasteiger partial charge in [0, 0.05) is 16.1 Å². The number of nitrogens with two attached hydrogens (primary N) is 1. The van der Waals surface area contributed by atoms with Gasteiger partial charge in [0.15, 0.2) is 0 Å². The third-order valence-corrected chi connectivity index (χ3v) is 4.34. The van der Waals surface area contributed by atoms with E-state index in [-0.39, 0.29) is 11.8 Å². The smallest absolute Gasteiger partial charge is 0.144 e. The minimum Gasteiger partial charge on any atom is -0.506 e. The van der Waals surface area contributed by atoms with Gasteiger partial charge in [-0.25, -0.2) is 0 Å². The number of halogens is 3. The number of hydrogen-bond donors (Lipinski definition) is 2. The summed E-state index contributed by atoms with van der Waals surface area (Å²) in [5.74, 6) is 0.706. The molecule has 0 bridgehead atoms. The summed E-state index contributed by atoms with van der Waals surface area (Å²) in [6.07, 6.45) is 0.873. The largest absolute Gasteiger partial charge is 0.506 e. The van der Waals surface area contributed by atoms with Crippen molar-refractivity contribution >= 4 is 47.8 Å². The van der Waals surface area contributed by atoms with Crippen molar-refractivity contribution in [1.29, 1.82) is 0 Å². The fourth-order valence-corrected chi connectivity index (χ4v) is 4.27. The predicted octanol–water partition coefficient (Wildman–Crippen LogP) is 4.73. The van der Waals surface area contributed by atoms with Crippen LogP contribution in [0.15, 0.2) is 19.5 Å². The molecule has 0 saturated heterocycles. The quantitative estimate of drug-likeness (QED) is 0.749. The maximum atomic E-state index is 9.82. The average Bonchev–Trinajstić information content (AvgIpc) is 2.13. The molecule has 0 amide bonds. The standard InChI is InChI=1S/C11H14Br3NO/c1-5(2)3-8(15)9-6(12)4-7(13)11(16)10(9)14/h4-5,8,16H,3,15H2,1-2H3/t8-/m0/s1. The molecule has 0 unspecified atom stereocenters. The molecule has 2 nitrogen and oxygen atoms in total. The van der Waals surface area contributed by atoms with Crippen LogP contribution < -0.4 is 5.73 Å². The van der Waals surface area contributed by atoms with Gasteiger partial charge in [0.05, 0.1) is 8.95 Å². The minimum atomic E-state index is -0.0947. The maximum absolute atomic E-state index is 9.82. The van der Waals surface area contributed by atoms with E-state index in [1.807, 2.05) is 6.07 Å². The van der Waals surface area contributed by atoms with Gasteiger partial charge in [-0.2, -0.15) is 0 Å². The van der Waals surface area contributed by atoms with Crippen molar-refractivity contribution in [3.63, 3.8) is 0 Å². The molecule has 16 heavy (non-hydrogen) atoms. The van der Waals surface area contributed by atoms with Crippen LogP contribution in [0.25, 0.3) is 0 Å². The molecule has 0 saturated carbocycles. The summed E-state index contributed by atoms with van der Waals surface area (Å²) < 4.78 is 2.20. The highest BCUT2D eigenvalue weighted by molar-refractivity contribution is 9.11. The van der Waals surface area contributed by atoms with Crippen LogP contribution in [0.4, 0.5) is 0 Å². The second-order valence-corrected chi connectivity index (χ2v) is 6.65. The van der Waals surface area contributed by atoms with E-state index < -0.39 is 0 Å². The molecule has 3 N–H and O–H groups in total. The molecule has 0 radical (unpaired) electrons. The normalized spacial score (nSPS) is 13.2. The first-order valence-corrected chi connectivity index (χ1v) is 7.34. The van der Waals surface area contributed by atoms with E-state index in [0.29, 0.717) is 14.9 Å². The summed E-state index contributed by atoms with van der Waals surface area (Å²) >= 11 is 10.1. The molecule has 0 aliphatic carbocycles. The van der Waals surface area contributed by atoms with E-state index in [2.05, 4.69) is 61.6 Å². The van der Waals surface area contributed by atoms with Crippen LogP contribution in [0.1, 0.15) is 31.9 Å². The minimum absolute atomic E-state index is 0.0947. The highest BCUT2D eigenvalue weighted by Gasteiger charge is 2.19. The van der Waals surface area contributed by atoms with Crippen LogP contribution in [0, 0.1) is 5.92 Å². The zero-order chi connectivity index (χ0) is 12.5. The number of phenols is 1. The number of hydrogen-bond acceptors (Lipinski definition) is 2. The van der Waals surface area contributed by atoms with Crippen molar-refractivity contribution in [3.05, 3.63) is 25.0 Å². The second-order valence-electron chi connectivity index (χ2n) is 4.15. The summed E-state index contributed by atoms with van der Waals surface area (Å²) in [4.78, 5) is 0. The number of aromatic hydroxyl groups is 1. The van der Waals surface area contributed by atoms with E-state index in [0.717, 1.165) is 16.5 Å². The lowest BCUT2D eigenvalue weighted by atomic mass is 9.98. The molecule has 1 atom stereocenters. The summed E-state index contributed by atoms with van der Waals surface area (Å²) in [5, 5.41) is 9.82. The molecule has 0 spiro atoms. The van der Waals surface area contributed by atoms with Gasteiger partial charge < -0.3 is 10.8 Å². The zero-order valence-corrected chi connectivity index (χ0v) is 13.9. The van der Waals surface area contributed by atoms with Gasteiger partial charge in [-0.3, -0.25) is 0 Å². The maximum Gasteiger partial charge on any atom is 0.144 e. The Morgan fingerprint density at radius 2 is 1.81 bits per heavy atom. The van der Waals surface area contributed by atoms with Crippen LogP contribution in [-0.4, -0.2) is 5.11 Å². The van der Waals surface area contributed by atoms with Gasteiger partial charge in [0.25, 0.3) is 0 Å². The molecular formula is C11H14Br3NO. The Bertz CT molecular complexity index is 393. The Labute approximate surface area is 121 Å². The molecule has 0 aliphatic heterocycles. The molecule has 0 aromatic heterocycles. The molecule has 5 heteroatoms. The van der Waals surface area contributed by atoms with Gasteiger partial charge in [0.2, 0.25) is 0 Å². The summed E-state index contributed by atoms with van der Waals surface area (Å²) in [6.45, 7) is 4.25. The fourth-order valence-electron chi connectivity index (χ4n) is 1.56. The number of benzene rings is 1. The third kappa shape index (κ3) is 3.22. The lowest BCUT2D eigenvalue weighted by molar-refractivity contribution is 0.461. The lowest BCUT2D eigenvalue weighted by Crippen LogP contribution is -2.14. The third-order valence-electron chi connectivity index (χ3n) is 2.28. The van der Waals surface area contributed by atoms with Gasteiger partial charge in [-0.1, -0.05) is 29.8 Å². The first-order valence-electron chi connectivity index (χ1n) is 4.96. The molecule has 1 aromatic carbocycles. The number of phenolic OH excluding ortho intramolecular Hbond substituents is 1. The van der Waals surface area contributed by atoms with Crippen LogP contribution in [0.3, 0.4) is 0 Å². The van der Waals surface area contributed by atoms with E-state index in [9.17, 15) is 5.11 Å². The topological polar surface area (TPSA) is 46.2 Å². The summed E-state index contributed by atoms with van der Waals surface area (Å²) in [6, 6.07) is 1.72. The predicted molar refractivity (Wildman–Crippen MR) is 77.6 cm³/mol. The highest BCUT2D eigenvalue weighted by Crippen LogP contribution is 2.42. The summed E-state index contributed by atoms with van der Waals surface area (Å²) in [5.41, 5.74) is 7.04. The van der Waals surface area contributed by atoms with Crippen LogP contribution in [0.2, 0.25) is 0 Å². The van der Waals surface area contributed by atoms with Gasteiger partial charge in [0.1, 0.15) is 5.75 Å². The van der Waals surface area contributed by atoms with Crippen molar-refractivity contribution < 1.29 is 5.11 Å². The molecule has 0 aliphatic rings. The van der Waals surface area contributed by atoms with E-state index in [4.69, 9.17) is 5.73 Å². The van der Waals surface area contributed by atoms with Crippen molar-refractivity contribution in [2.45, 2.75) is 26.3 Å². The van der Waals surface area contributed by atoms with Crippen LogP contribution >= 0.6 is 47.8 Å². The first kappa shape index (κ1) is 14.5. The van der Waals surface area contributed by atoms with Crippen molar-refractivity contribution in [3.8, 4) is 5.75 Å². The zero-order valence-electron chi connectivity index (χ0n) is 9.10.